The number of carbonyl (C=O) groups is 1. The summed E-state index contributed by atoms with van der Waals surface area (Å²) in [6.45, 7) is 3.39. The molecule has 0 radical (unpaired) electrons. The lowest BCUT2D eigenvalue weighted by atomic mass is 10.3. The van der Waals surface area contributed by atoms with Gasteiger partial charge in [-0.2, -0.15) is 4.98 Å². The maximum absolute atomic E-state index is 11.3. The van der Waals surface area contributed by atoms with E-state index in [-0.39, 0.29) is 11.7 Å². The Labute approximate surface area is 121 Å². The van der Waals surface area contributed by atoms with Gasteiger partial charge in [-0.25, -0.2) is 4.98 Å². The molecular weight excluding hydrogens is 278 g/mol. The summed E-state index contributed by atoms with van der Waals surface area (Å²) in [5.74, 6) is 0.157. The fourth-order valence-electron chi connectivity index (χ4n) is 1.69. The zero-order valence-electron chi connectivity index (χ0n) is 11.7. The third-order valence-electron chi connectivity index (χ3n) is 2.87. The number of aryl methyl sites for hydroxylation is 1. The van der Waals surface area contributed by atoms with Crippen molar-refractivity contribution in [3.05, 3.63) is 27.8 Å². The third kappa shape index (κ3) is 3.61. The molecule has 0 aliphatic heterocycles. The molecule has 0 atom stereocenters. The van der Waals surface area contributed by atoms with E-state index >= 15 is 0 Å². The van der Waals surface area contributed by atoms with Crippen LogP contribution in [-0.2, 0) is 13.0 Å². The van der Waals surface area contributed by atoms with Gasteiger partial charge in [0.25, 0.3) is 11.7 Å². The Bertz CT molecular complexity index is 580. The number of rotatable bonds is 6. The van der Waals surface area contributed by atoms with Crippen LogP contribution in [0, 0.1) is 6.92 Å². The Morgan fingerprint density at radius 1 is 1.55 bits per heavy atom. The summed E-state index contributed by atoms with van der Waals surface area (Å²) in [6, 6.07) is 0. The second-order valence-corrected chi connectivity index (χ2v) is 5.38. The first-order valence-corrected chi connectivity index (χ1v) is 7.10. The van der Waals surface area contributed by atoms with Crippen LogP contribution in [0.2, 0.25) is 0 Å². The first kappa shape index (κ1) is 14.6. The van der Waals surface area contributed by atoms with Gasteiger partial charge in [-0.15, -0.1) is 11.3 Å². The summed E-state index contributed by atoms with van der Waals surface area (Å²) in [7, 11) is 3.50. The Balaban J connectivity index is 1.85. The standard InChI is InChI=1S/C12H17N5O2S/c1-8-9(20-7-14-8)4-5-17(3)6-10-15-11(16-19-10)12(18)13-2/h7H,4-6H2,1-3H3,(H,13,18). The van der Waals surface area contributed by atoms with Gasteiger partial charge in [0, 0.05) is 18.5 Å². The molecule has 0 fully saturated rings. The molecule has 1 amide bonds. The van der Waals surface area contributed by atoms with E-state index in [0.717, 1.165) is 18.7 Å². The quantitative estimate of drug-likeness (QED) is 0.851. The van der Waals surface area contributed by atoms with Crippen molar-refractivity contribution in [2.24, 2.45) is 0 Å². The van der Waals surface area contributed by atoms with Gasteiger partial charge in [0.05, 0.1) is 17.7 Å². The smallest absolute Gasteiger partial charge is 0.292 e. The van der Waals surface area contributed by atoms with E-state index < -0.39 is 0 Å². The highest BCUT2D eigenvalue weighted by Crippen LogP contribution is 2.13. The highest BCUT2D eigenvalue weighted by Gasteiger charge is 2.14. The van der Waals surface area contributed by atoms with Crippen LogP contribution in [0.5, 0.6) is 0 Å². The predicted molar refractivity (Wildman–Crippen MR) is 74.6 cm³/mol. The molecular formula is C12H17N5O2S. The van der Waals surface area contributed by atoms with Crippen LogP contribution in [0.1, 0.15) is 27.1 Å². The molecule has 0 aromatic carbocycles. The summed E-state index contributed by atoms with van der Waals surface area (Å²) < 4.78 is 5.05. The minimum atomic E-state index is -0.345. The van der Waals surface area contributed by atoms with Gasteiger partial charge in [0.1, 0.15) is 0 Å². The number of hydrogen-bond acceptors (Lipinski definition) is 7. The Hall–Kier alpha value is -1.80. The van der Waals surface area contributed by atoms with E-state index in [4.69, 9.17) is 4.52 Å². The summed E-state index contributed by atoms with van der Waals surface area (Å²) in [5.41, 5.74) is 2.95. The molecule has 2 aromatic heterocycles. The summed E-state index contributed by atoms with van der Waals surface area (Å²) in [4.78, 5) is 22.9. The molecule has 2 rings (SSSR count). The number of carbonyl (C=O) groups excluding carboxylic acids is 1. The molecule has 8 heteroatoms. The second-order valence-electron chi connectivity index (χ2n) is 4.44. The SMILES string of the molecule is CNC(=O)c1noc(CN(C)CCc2scnc2C)n1. The zero-order valence-corrected chi connectivity index (χ0v) is 12.5. The van der Waals surface area contributed by atoms with Gasteiger partial charge < -0.3 is 9.84 Å². The van der Waals surface area contributed by atoms with E-state index in [2.05, 4.69) is 25.3 Å². The number of thiazole rings is 1. The lowest BCUT2D eigenvalue weighted by Crippen LogP contribution is -2.21. The minimum Gasteiger partial charge on any atom is -0.352 e. The number of likely N-dealkylation sites (N-methyl/N-ethyl adjacent to an activating group) is 1. The lowest BCUT2D eigenvalue weighted by molar-refractivity contribution is 0.0950. The van der Waals surface area contributed by atoms with E-state index in [9.17, 15) is 4.79 Å². The molecule has 0 aliphatic rings. The number of nitrogens with zero attached hydrogens (tertiary/aromatic N) is 4. The number of amides is 1. The van der Waals surface area contributed by atoms with Crippen LogP contribution in [0.3, 0.4) is 0 Å². The van der Waals surface area contributed by atoms with Crippen molar-refractivity contribution in [3.8, 4) is 0 Å². The van der Waals surface area contributed by atoms with Crippen molar-refractivity contribution in [2.45, 2.75) is 19.9 Å². The third-order valence-corrected chi connectivity index (χ3v) is 3.86. The monoisotopic (exact) mass is 295 g/mol. The number of aromatic nitrogens is 3. The van der Waals surface area contributed by atoms with Crippen LogP contribution in [0.15, 0.2) is 10.0 Å². The van der Waals surface area contributed by atoms with E-state index in [1.165, 1.54) is 11.9 Å². The van der Waals surface area contributed by atoms with Crippen LogP contribution in [0.25, 0.3) is 0 Å². The maximum Gasteiger partial charge on any atom is 0.292 e. The summed E-state index contributed by atoms with van der Waals surface area (Å²) in [6.07, 6.45) is 0.934. The molecule has 0 saturated heterocycles. The van der Waals surface area contributed by atoms with Crippen LogP contribution in [-0.4, -0.2) is 46.6 Å². The van der Waals surface area contributed by atoms with E-state index in [1.807, 2.05) is 19.5 Å². The second kappa shape index (κ2) is 6.58. The molecule has 0 spiro atoms. The highest BCUT2D eigenvalue weighted by atomic mass is 32.1. The average molecular weight is 295 g/mol. The Kier molecular flexibility index (Phi) is 4.80. The van der Waals surface area contributed by atoms with Gasteiger partial charge in [0.2, 0.25) is 5.89 Å². The van der Waals surface area contributed by atoms with E-state index in [1.54, 1.807) is 11.3 Å². The van der Waals surface area contributed by atoms with Crippen molar-refractivity contribution in [1.82, 2.24) is 25.3 Å². The molecule has 108 valence electrons. The Morgan fingerprint density at radius 3 is 3.00 bits per heavy atom. The lowest BCUT2D eigenvalue weighted by Gasteiger charge is -2.13. The maximum atomic E-state index is 11.3. The molecule has 7 nitrogen and oxygen atoms in total. The van der Waals surface area contributed by atoms with Gasteiger partial charge >= 0.3 is 0 Å². The molecule has 20 heavy (non-hydrogen) atoms. The van der Waals surface area contributed by atoms with Gasteiger partial charge in [0.15, 0.2) is 0 Å². The van der Waals surface area contributed by atoms with Gasteiger partial charge in [-0.05, 0) is 20.4 Å². The topological polar surface area (TPSA) is 84.2 Å². The van der Waals surface area contributed by atoms with Crippen LogP contribution in [0.4, 0.5) is 0 Å². The zero-order chi connectivity index (χ0) is 14.5. The fraction of sp³-hybridized carbons (Fsp3) is 0.500. The first-order chi connectivity index (χ1) is 9.60. The van der Waals surface area contributed by atoms with E-state index in [0.29, 0.717) is 12.4 Å². The fourth-order valence-corrected chi connectivity index (χ4v) is 2.46. The largest absolute Gasteiger partial charge is 0.352 e. The molecule has 1 N–H and O–H groups in total. The van der Waals surface area contributed by atoms with Crippen LogP contribution >= 0.6 is 11.3 Å². The number of nitrogens with one attached hydrogen (secondary N) is 1. The van der Waals surface area contributed by atoms with Crippen LogP contribution < -0.4 is 5.32 Å². The van der Waals surface area contributed by atoms with Gasteiger partial charge in [-0.1, -0.05) is 5.16 Å². The molecule has 0 aliphatic carbocycles. The molecule has 0 saturated carbocycles. The van der Waals surface area contributed by atoms with Gasteiger partial charge in [-0.3, -0.25) is 9.69 Å². The Morgan fingerprint density at radius 2 is 2.35 bits per heavy atom. The highest BCUT2D eigenvalue weighted by molar-refractivity contribution is 7.09. The molecule has 2 heterocycles. The normalized spacial score (nSPS) is 11.0. The van der Waals surface area contributed by atoms with Crippen molar-refractivity contribution in [3.63, 3.8) is 0 Å². The molecule has 2 aromatic rings. The molecule has 0 bridgehead atoms. The summed E-state index contributed by atoms with van der Waals surface area (Å²) in [5, 5.41) is 6.09. The molecule has 0 unspecified atom stereocenters. The predicted octanol–water partition coefficient (Wildman–Crippen LogP) is 0.869. The minimum absolute atomic E-state index is 0.0641. The van der Waals surface area contributed by atoms with Crippen molar-refractivity contribution in [2.75, 3.05) is 20.6 Å². The summed E-state index contributed by atoms with van der Waals surface area (Å²) >= 11 is 1.67. The number of hydrogen-bond donors (Lipinski definition) is 1. The first-order valence-electron chi connectivity index (χ1n) is 6.22. The van der Waals surface area contributed by atoms with Crippen molar-refractivity contribution < 1.29 is 9.32 Å². The van der Waals surface area contributed by atoms with Crippen molar-refractivity contribution >= 4 is 17.2 Å². The average Bonchev–Trinajstić information content (AvgIpc) is 3.05. The van der Waals surface area contributed by atoms with Crippen molar-refractivity contribution in [1.29, 1.82) is 0 Å².